The number of hydrogen-bond acceptors (Lipinski definition) is 3. The summed E-state index contributed by atoms with van der Waals surface area (Å²) in [5.74, 6) is 0.304. The monoisotopic (exact) mass is 409 g/mol. The molecule has 1 amide bonds. The predicted molar refractivity (Wildman–Crippen MR) is 101 cm³/mol. The Labute approximate surface area is 175 Å². The molecule has 0 N–H and O–H groups in total. The first kappa shape index (κ1) is 24.2. The molecule has 10 radical (unpaired) electrons. The van der Waals surface area contributed by atoms with E-state index in [9.17, 15) is 9.59 Å². The Bertz CT molecular complexity index is 523. The average molecular weight is 409 g/mol. The van der Waals surface area contributed by atoms with Gasteiger partial charge in [-0.3, -0.25) is 9.69 Å². The first-order valence-corrected chi connectivity index (χ1v) is 8.79. The summed E-state index contributed by atoms with van der Waals surface area (Å²) in [7, 11) is 0. The van der Waals surface area contributed by atoms with Crippen molar-refractivity contribution >= 4 is 11.9 Å². The molecule has 2 atom stereocenters. The maximum absolute atomic E-state index is 12.9. The van der Waals surface area contributed by atoms with E-state index in [4.69, 9.17) is 4.74 Å². The van der Waals surface area contributed by atoms with Gasteiger partial charge in [0.1, 0.15) is 0 Å². The summed E-state index contributed by atoms with van der Waals surface area (Å²) in [5.41, 5.74) is -1.66. The molecule has 27 heavy (non-hydrogen) atoms. The van der Waals surface area contributed by atoms with Crippen LogP contribution in [0.1, 0.15) is 34.6 Å². The second-order valence-corrected chi connectivity index (χ2v) is 7.51. The van der Waals surface area contributed by atoms with Crippen LogP contribution >= 0.6 is 0 Å². The zero-order chi connectivity index (χ0) is 19.4. The number of amides is 1. The molecule has 0 bridgehead atoms. The second-order valence-electron chi connectivity index (χ2n) is 7.51. The van der Waals surface area contributed by atoms with Crippen molar-refractivity contribution in [1.29, 1.82) is 0 Å². The van der Waals surface area contributed by atoms with Crippen LogP contribution in [0.4, 0.5) is 0 Å². The fraction of sp³-hybridized carbons (Fsp3) is 0.364. The minimum atomic E-state index is -1.07. The Morgan fingerprint density at radius 2 is 1.56 bits per heavy atom. The summed E-state index contributed by atoms with van der Waals surface area (Å²) in [5, 5.41) is 0. The summed E-state index contributed by atoms with van der Waals surface area (Å²) in [6, 6.07) is 0. The van der Waals surface area contributed by atoms with E-state index in [2.05, 4.69) is 0 Å². The summed E-state index contributed by atoms with van der Waals surface area (Å²) in [4.78, 5) is 26.8. The largest absolute Gasteiger partial charge is 2.00 e. The van der Waals surface area contributed by atoms with Crippen molar-refractivity contribution in [2.24, 2.45) is 5.41 Å². The van der Waals surface area contributed by atoms with E-state index in [0.717, 1.165) is 5.92 Å². The SMILES string of the molecule is C/C=C/[C@]1(C)C(=O)O[C@@H]([C]2[CH][CH][CH][CH]2)N1C(=O)C(C)(C)C.[CH]1[CH][CH][CH][CH]1.[Fe+2]. The van der Waals surface area contributed by atoms with E-state index in [0.29, 0.717) is 0 Å². The predicted octanol–water partition coefficient (Wildman–Crippen LogP) is 3.50. The molecule has 0 aromatic heterocycles. The summed E-state index contributed by atoms with van der Waals surface area (Å²) in [6.07, 6.45) is 20.3. The molecule has 0 spiro atoms. The van der Waals surface area contributed by atoms with Gasteiger partial charge in [-0.15, -0.1) is 0 Å². The van der Waals surface area contributed by atoms with Crippen molar-refractivity contribution in [1.82, 2.24) is 4.90 Å². The van der Waals surface area contributed by atoms with Crippen LogP contribution in [-0.2, 0) is 31.4 Å². The molecular weight excluding hydrogens is 382 g/mol. The van der Waals surface area contributed by atoms with Gasteiger partial charge >= 0.3 is 23.0 Å². The molecule has 0 aromatic carbocycles. The van der Waals surface area contributed by atoms with Gasteiger partial charge in [0.2, 0.25) is 5.91 Å². The summed E-state index contributed by atoms with van der Waals surface area (Å²) < 4.78 is 5.52. The van der Waals surface area contributed by atoms with Crippen LogP contribution in [0.25, 0.3) is 0 Å². The van der Waals surface area contributed by atoms with Crippen molar-refractivity contribution in [2.75, 3.05) is 0 Å². The molecule has 0 aromatic rings. The van der Waals surface area contributed by atoms with Gasteiger partial charge in [0.25, 0.3) is 0 Å². The normalized spacial score (nSPS) is 28.7. The van der Waals surface area contributed by atoms with Crippen LogP contribution < -0.4 is 0 Å². The zero-order valence-electron chi connectivity index (χ0n) is 16.5. The smallest absolute Gasteiger partial charge is 0.439 e. The van der Waals surface area contributed by atoms with E-state index < -0.39 is 23.2 Å². The zero-order valence-corrected chi connectivity index (χ0v) is 17.6. The molecule has 1 heterocycles. The number of esters is 1. The Morgan fingerprint density at radius 3 is 1.96 bits per heavy atom. The van der Waals surface area contributed by atoms with Gasteiger partial charge in [0.15, 0.2) is 11.8 Å². The van der Waals surface area contributed by atoms with Crippen LogP contribution in [0.5, 0.6) is 0 Å². The maximum atomic E-state index is 12.9. The summed E-state index contributed by atoms with van der Waals surface area (Å²) >= 11 is 0. The second kappa shape index (κ2) is 10.1. The number of cyclic esters (lactones) is 1. The molecule has 4 nitrogen and oxygen atoms in total. The maximum Gasteiger partial charge on any atom is 2.00 e. The quantitative estimate of drug-likeness (QED) is 0.399. The van der Waals surface area contributed by atoms with Gasteiger partial charge in [-0.05, 0) is 71.6 Å². The van der Waals surface area contributed by atoms with Crippen LogP contribution in [0, 0.1) is 69.1 Å². The number of nitrogens with zero attached hydrogens (tertiary/aromatic N) is 1. The third-order valence-corrected chi connectivity index (χ3v) is 4.25. The number of allylic oxidation sites excluding steroid dienone is 1. The van der Waals surface area contributed by atoms with Crippen LogP contribution in [-0.4, -0.2) is 28.5 Å². The minimum Gasteiger partial charge on any atom is -0.439 e. The molecule has 144 valence electrons. The third kappa shape index (κ3) is 5.60. The molecule has 2 saturated carbocycles. The van der Waals surface area contributed by atoms with E-state index >= 15 is 0 Å². The minimum absolute atomic E-state index is 0. The van der Waals surface area contributed by atoms with Crippen molar-refractivity contribution in [3.63, 3.8) is 0 Å². The standard InChI is InChI=1S/C17H22NO3.C5H5.Fe/c1-6-11-17(5)15(20)21-13(12-9-7-8-10-12)18(17)14(19)16(2,3)4;1-2-4-5-3-1;/h6-11,13H,1-5H3;1-5H;/q;;+2/b11-6+;;/t13-,17+;;/m0../s1. The number of carbonyl (C=O) groups excluding carboxylic acids is 2. The average Bonchev–Trinajstić information content (AvgIpc) is 3.30. The Kier molecular flexibility index (Phi) is 9.08. The van der Waals surface area contributed by atoms with Gasteiger partial charge < -0.3 is 4.74 Å². The van der Waals surface area contributed by atoms with E-state index in [1.165, 1.54) is 0 Å². The molecule has 1 saturated heterocycles. The van der Waals surface area contributed by atoms with Crippen LogP contribution in [0.2, 0.25) is 0 Å². The Balaban J connectivity index is 0.000000526. The van der Waals surface area contributed by atoms with Crippen LogP contribution in [0.15, 0.2) is 12.2 Å². The van der Waals surface area contributed by atoms with E-state index in [1.54, 1.807) is 24.0 Å². The van der Waals surface area contributed by atoms with Crippen molar-refractivity contribution in [3.8, 4) is 0 Å². The van der Waals surface area contributed by atoms with Crippen molar-refractivity contribution in [3.05, 3.63) is 75.9 Å². The molecule has 2 aliphatic carbocycles. The van der Waals surface area contributed by atoms with Crippen LogP contribution in [0.3, 0.4) is 0 Å². The van der Waals surface area contributed by atoms with Gasteiger partial charge in [-0.25, -0.2) is 4.79 Å². The van der Waals surface area contributed by atoms with Crippen molar-refractivity contribution in [2.45, 2.75) is 46.4 Å². The van der Waals surface area contributed by atoms with Gasteiger partial charge in [-0.2, -0.15) is 0 Å². The summed E-state index contributed by atoms with van der Waals surface area (Å²) in [6.45, 7) is 9.08. The van der Waals surface area contributed by atoms with E-state index in [-0.39, 0.29) is 23.0 Å². The molecule has 5 heteroatoms. The van der Waals surface area contributed by atoms with Gasteiger partial charge in [0.05, 0.1) is 0 Å². The molecule has 1 aliphatic heterocycles. The molecule has 3 rings (SSSR count). The van der Waals surface area contributed by atoms with Gasteiger partial charge in [0, 0.05) is 11.3 Å². The number of ether oxygens (including phenoxy) is 1. The molecular formula is C22H27FeNO3+2. The Hall–Kier alpha value is -0.801. The number of hydrogen-bond donors (Lipinski definition) is 0. The topological polar surface area (TPSA) is 46.6 Å². The first-order chi connectivity index (χ1) is 12.2. The Morgan fingerprint density at radius 1 is 1.07 bits per heavy atom. The molecule has 3 aliphatic rings. The molecule has 0 unspecified atom stereocenters. The fourth-order valence-corrected chi connectivity index (χ4v) is 2.86. The number of rotatable bonds is 2. The first-order valence-electron chi connectivity index (χ1n) is 8.79. The van der Waals surface area contributed by atoms with Gasteiger partial charge in [-0.1, -0.05) is 32.9 Å². The third-order valence-electron chi connectivity index (χ3n) is 4.25. The fourth-order valence-electron chi connectivity index (χ4n) is 2.86. The number of carbonyl (C=O) groups is 2. The van der Waals surface area contributed by atoms with Crippen molar-refractivity contribution < 1.29 is 31.4 Å². The van der Waals surface area contributed by atoms with E-state index in [1.807, 2.05) is 85.5 Å². The molecule has 3 fully saturated rings.